The van der Waals surface area contributed by atoms with E-state index in [0.717, 1.165) is 61.0 Å². The lowest BCUT2D eigenvalue weighted by Gasteiger charge is -2.25. The Hall–Kier alpha value is -5.84. The molecule has 0 fully saturated rings. The Balaban J connectivity index is 1.34. The average molecular weight is 542 g/mol. The highest BCUT2D eigenvalue weighted by Gasteiger charge is 2.15. The largest absolute Gasteiger partial charge is 0.497 e. The van der Waals surface area contributed by atoms with Gasteiger partial charge < -0.3 is 9.64 Å². The summed E-state index contributed by atoms with van der Waals surface area (Å²) < 4.78 is 5.36. The fraction of sp³-hybridized carbons (Fsp3) is 0.0526. The predicted molar refractivity (Wildman–Crippen MR) is 174 cm³/mol. The van der Waals surface area contributed by atoms with Gasteiger partial charge in [-0.2, -0.15) is 5.26 Å². The first-order valence-corrected chi connectivity index (χ1v) is 13.6. The standard InChI is InChI=1S/C38H27N3O/c1-26-9-21-34-35(23-26)37(25-39)33-22-14-28(24-36(33)38(34)40-2)11-10-27-12-15-30(16-13-27)41(29-7-5-4-6-8-29)31-17-19-32(42-3)20-18-31/h4-24H,1,3H3/b11-10+. The first kappa shape index (κ1) is 26.4. The molecular weight excluding hydrogens is 514 g/mol. The lowest BCUT2D eigenvalue weighted by Crippen LogP contribution is -2.09. The number of rotatable bonds is 6. The van der Waals surface area contributed by atoms with Crippen LogP contribution >= 0.6 is 0 Å². The average Bonchev–Trinajstić information content (AvgIpc) is 3.04. The minimum Gasteiger partial charge on any atom is -0.497 e. The molecule has 6 rings (SSSR count). The molecule has 0 aliphatic heterocycles. The number of ether oxygens (including phenoxy) is 1. The summed E-state index contributed by atoms with van der Waals surface area (Å²) in [6.45, 7) is 9.91. The summed E-state index contributed by atoms with van der Waals surface area (Å²) in [7, 11) is 1.67. The summed E-state index contributed by atoms with van der Waals surface area (Å²) in [6, 6.07) is 41.0. The molecule has 6 aromatic carbocycles. The molecular formula is C38H27N3O. The molecule has 0 amide bonds. The number of benzene rings is 6. The minimum atomic E-state index is 0.582. The van der Waals surface area contributed by atoms with E-state index in [1.807, 2.05) is 79.7 Å². The van der Waals surface area contributed by atoms with Crippen LogP contribution in [0, 0.1) is 24.8 Å². The summed E-state index contributed by atoms with van der Waals surface area (Å²) in [5, 5.41) is 13.2. The second-order valence-electron chi connectivity index (χ2n) is 10.1. The molecule has 0 atom stereocenters. The molecule has 0 saturated heterocycles. The Labute approximate surface area is 245 Å². The van der Waals surface area contributed by atoms with Crippen molar-refractivity contribution < 1.29 is 4.74 Å². The summed E-state index contributed by atoms with van der Waals surface area (Å²) in [6.07, 6.45) is 4.12. The van der Waals surface area contributed by atoms with E-state index in [0.29, 0.717) is 11.3 Å². The highest BCUT2D eigenvalue weighted by molar-refractivity contribution is 6.15. The van der Waals surface area contributed by atoms with Gasteiger partial charge in [-0.1, -0.05) is 84.4 Å². The van der Waals surface area contributed by atoms with E-state index in [9.17, 15) is 5.26 Å². The van der Waals surface area contributed by atoms with Crippen LogP contribution < -0.4 is 9.64 Å². The maximum Gasteiger partial charge on any atom is 0.202 e. The summed E-state index contributed by atoms with van der Waals surface area (Å²) in [5.41, 5.74) is 7.43. The Kier molecular flexibility index (Phi) is 7.12. The molecule has 0 radical (unpaired) electrons. The number of aryl methyl sites for hydroxylation is 1. The van der Waals surface area contributed by atoms with Crippen molar-refractivity contribution in [2.24, 2.45) is 0 Å². The smallest absolute Gasteiger partial charge is 0.202 e. The van der Waals surface area contributed by atoms with Crippen LogP contribution in [0.4, 0.5) is 22.7 Å². The van der Waals surface area contributed by atoms with Crippen molar-refractivity contribution in [2.45, 2.75) is 6.92 Å². The molecule has 0 N–H and O–H groups in total. The molecule has 0 aromatic heterocycles. The number of nitrogens with zero attached hydrogens (tertiary/aromatic N) is 3. The second kappa shape index (κ2) is 11.3. The van der Waals surface area contributed by atoms with Crippen molar-refractivity contribution in [3.8, 4) is 11.8 Å². The van der Waals surface area contributed by atoms with Crippen molar-refractivity contribution >= 4 is 56.4 Å². The molecule has 0 unspecified atom stereocenters. The molecule has 0 aliphatic rings. The second-order valence-corrected chi connectivity index (χ2v) is 10.1. The number of hydrogen-bond acceptors (Lipinski definition) is 3. The molecule has 0 saturated carbocycles. The minimum absolute atomic E-state index is 0.582. The number of para-hydroxylation sites is 1. The van der Waals surface area contributed by atoms with Crippen molar-refractivity contribution in [3.05, 3.63) is 149 Å². The third kappa shape index (κ3) is 4.94. The fourth-order valence-corrected chi connectivity index (χ4v) is 5.36. The Morgan fingerprint density at radius 1 is 0.690 bits per heavy atom. The van der Waals surface area contributed by atoms with Gasteiger partial charge in [0, 0.05) is 17.1 Å². The SMILES string of the molecule is [C-]#[N+]c1c2ccc(C)cc2c(C#N)c2ccc(/C=C/c3ccc(N(c4ccccc4)c4ccc(OC)cc4)cc3)cc12. The Morgan fingerprint density at radius 3 is 1.98 bits per heavy atom. The molecule has 0 spiro atoms. The topological polar surface area (TPSA) is 40.6 Å². The van der Waals surface area contributed by atoms with Gasteiger partial charge in [0.1, 0.15) is 11.8 Å². The molecule has 4 heteroatoms. The van der Waals surface area contributed by atoms with Gasteiger partial charge in [-0.25, -0.2) is 4.85 Å². The highest BCUT2D eigenvalue weighted by atomic mass is 16.5. The van der Waals surface area contributed by atoms with Gasteiger partial charge in [-0.3, -0.25) is 0 Å². The van der Waals surface area contributed by atoms with Crippen molar-refractivity contribution in [3.63, 3.8) is 0 Å². The quantitative estimate of drug-likeness (QED) is 0.120. The van der Waals surface area contributed by atoms with Crippen LogP contribution in [0.15, 0.2) is 115 Å². The molecule has 6 aromatic rings. The van der Waals surface area contributed by atoms with E-state index in [-0.39, 0.29) is 0 Å². The van der Waals surface area contributed by atoms with Crippen molar-refractivity contribution in [2.75, 3.05) is 12.0 Å². The van der Waals surface area contributed by atoms with Gasteiger partial charge >= 0.3 is 0 Å². The number of anilines is 3. The van der Waals surface area contributed by atoms with Gasteiger partial charge in [0.05, 0.1) is 19.2 Å². The van der Waals surface area contributed by atoms with Crippen LogP contribution in [0.3, 0.4) is 0 Å². The molecule has 42 heavy (non-hydrogen) atoms. The van der Waals surface area contributed by atoms with Gasteiger partial charge in [0.2, 0.25) is 5.69 Å². The Bertz CT molecular complexity index is 2030. The summed E-state index contributed by atoms with van der Waals surface area (Å²) in [5.74, 6) is 0.816. The van der Waals surface area contributed by atoms with E-state index >= 15 is 0 Å². The van der Waals surface area contributed by atoms with Crippen LogP contribution in [0.5, 0.6) is 5.75 Å². The van der Waals surface area contributed by atoms with Crippen LogP contribution in [0.25, 0.3) is 38.5 Å². The van der Waals surface area contributed by atoms with E-state index < -0.39 is 0 Å². The Morgan fingerprint density at radius 2 is 1.31 bits per heavy atom. The zero-order chi connectivity index (χ0) is 29.1. The maximum atomic E-state index is 9.99. The molecule has 0 bridgehead atoms. The zero-order valence-corrected chi connectivity index (χ0v) is 23.4. The summed E-state index contributed by atoms with van der Waals surface area (Å²) in [4.78, 5) is 6.09. The fourth-order valence-electron chi connectivity index (χ4n) is 5.36. The molecule has 0 heterocycles. The molecule has 200 valence electrons. The normalized spacial score (nSPS) is 11.0. The van der Waals surface area contributed by atoms with Gasteiger partial charge in [-0.15, -0.1) is 0 Å². The lowest BCUT2D eigenvalue weighted by atomic mass is 9.93. The monoisotopic (exact) mass is 541 g/mol. The van der Waals surface area contributed by atoms with Gasteiger partial charge in [0.15, 0.2) is 0 Å². The maximum absolute atomic E-state index is 9.99. The van der Waals surface area contributed by atoms with Crippen LogP contribution in [-0.2, 0) is 0 Å². The van der Waals surface area contributed by atoms with Crippen LogP contribution in [0.1, 0.15) is 22.3 Å². The first-order valence-electron chi connectivity index (χ1n) is 13.6. The van der Waals surface area contributed by atoms with Crippen LogP contribution in [-0.4, -0.2) is 7.11 Å². The van der Waals surface area contributed by atoms with E-state index in [2.05, 4.69) is 70.4 Å². The number of methoxy groups -OCH3 is 1. The zero-order valence-electron chi connectivity index (χ0n) is 23.4. The number of hydrogen-bond donors (Lipinski definition) is 0. The van der Waals surface area contributed by atoms with E-state index in [1.165, 1.54) is 0 Å². The molecule has 0 aliphatic carbocycles. The number of fused-ring (bicyclic) bond motifs is 2. The summed E-state index contributed by atoms with van der Waals surface area (Å²) >= 11 is 0. The van der Waals surface area contributed by atoms with Crippen molar-refractivity contribution in [1.82, 2.24) is 0 Å². The third-order valence-corrected chi connectivity index (χ3v) is 7.46. The van der Waals surface area contributed by atoms with Crippen LogP contribution in [0.2, 0.25) is 0 Å². The first-order chi connectivity index (χ1) is 20.6. The van der Waals surface area contributed by atoms with E-state index in [4.69, 9.17) is 11.3 Å². The predicted octanol–water partition coefficient (Wildman–Crippen LogP) is 10.4. The highest BCUT2D eigenvalue weighted by Crippen LogP contribution is 2.40. The lowest BCUT2D eigenvalue weighted by molar-refractivity contribution is 0.415. The molecule has 4 nitrogen and oxygen atoms in total. The number of nitriles is 1. The van der Waals surface area contributed by atoms with E-state index in [1.54, 1.807) is 7.11 Å². The van der Waals surface area contributed by atoms with Gasteiger partial charge in [0.25, 0.3) is 0 Å². The van der Waals surface area contributed by atoms with Crippen molar-refractivity contribution in [1.29, 1.82) is 5.26 Å². The third-order valence-electron chi connectivity index (χ3n) is 7.46. The van der Waals surface area contributed by atoms with Gasteiger partial charge in [-0.05, 0) is 88.1 Å².